The minimum absolute atomic E-state index is 0.0824. The molecule has 17 heavy (non-hydrogen) atoms. The van der Waals surface area contributed by atoms with Gasteiger partial charge in [0.2, 0.25) is 5.91 Å². The summed E-state index contributed by atoms with van der Waals surface area (Å²) in [5.41, 5.74) is 5.92. The monoisotopic (exact) mass is 248 g/mol. The van der Waals surface area contributed by atoms with E-state index in [1.165, 1.54) is 4.70 Å². The van der Waals surface area contributed by atoms with Crippen molar-refractivity contribution in [2.45, 2.75) is 19.4 Å². The third kappa shape index (κ3) is 2.18. The highest BCUT2D eigenvalue weighted by molar-refractivity contribution is 7.17. The van der Waals surface area contributed by atoms with Crippen molar-refractivity contribution < 1.29 is 4.79 Å². The molecule has 0 radical (unpaired) electrons. The molecule has 0 aliphatic carbocycles. The molecule has 2 rings (SSSR count). The molecule has 4 heteroatoms. The van der Waals surface area contributed by atoms with Gasteiger partial charge in [0.05, 0.1) is 11.2 Å². The summed E-state index contributed by atoms with van der Waals surface area (Å²) in [6.45, 7) is 3.45. The van der Waals surface area contributed by atoms with E-state index in [1.807, 2.05) is 23.6 Å². The molecule has 0 unspecified atom stereocenters. The van der Waals surface area contributed by atoms with Gasteiger partial charge in [-0.2, -0.15) is 0 Å². The molecule has 2 N–H and O–H groups in total. The summed E-state index contributed by atoms with van der Waals surface area (Å²) < 4.78 is 1.18. The van der Waals surface area contributed by atoms with Crippen molar-refractivity contribution in [2.75, 3.05) is 11.9 Å². The molecule has 0 aliphatic rings. The number of hydrogen-bond donors (Lipinski definition) is 1. The Balaban J connectivity index is 2.44. The quantitative estimate of drug-likeness (QED) is 0.888. The number of fused-ring (bicyclic) bond motifs is 1. The molecule has 0 atom stereocenters. The molecular weight excluding hydrogens is 232 g/mol. The SMILES string of the molecule is CN(C(=O)C(C)(C)N)c1csc2ccccc12. The summed E-state index contributed by atoms with van der Waals surface area (Å²) in [6.07, 6.45) is 0. The number of thiophene rings is 1. The molecule has 1 aromatic heterocycles. The summed E-state index contributed by atoms with van der Waals surface area (Å²) in [6, 6.07) is 8.05. The highest BCUT2D eigenvalue weighted by Gasteiger charge is 2.27. The van der Waals surface area contributed by atoms with E-state index in [9.17, 15) is 4.79 Å². The molecule has 90 valence electrons. The van der Waals surface area contributed by atoms with E-state index in [-0.39, 0.29) is 5.91 Å². The molecule has 0 spiro atoms. The number of carbonyl (C=O) groups excluding carboxylic acids is 1. The molecular formula is C13H16N2OS. The molecule has 1 amide bonds. The van der Waals surface area contributed by atoms with Gasteiger partial charge in [-0.3, -0.25) is 4.79 Å². The summed E-state index contributed by atoms with van der Waals surface area (Å²) in [4.78, 5) is 13.7. The van der Waals surface area contributed by atoms with Gasteiger partial charge in [0.25, 0.3) is 0 Å². The second-order valence-corrected chi connectivity index (χ2v) is 5.61. The lowest BCUT2D eigenvalue weighted by Crippen LogP contribution is -2.49. The van der Waals surface area contributed by atoms with Crippen LogP contribution in [0.15, 0.2) is 29.6 Å². The molecule has 0 saturated carbocycles. The Morgan fingerprint density at radius 2 is 2.00 bits per heavy atom. The standard InChI is InChI=1S/C13H16N2OS/c1-13(2,14)12(16)15(3)10-8-17-11-7-5-4-6-9(10)11/h4-8H,14H2,1-3H3. The van der Waals surface area contributed by atoms with Gasteiger partial charge in [-0.1, -0.05) is 18.2 Å². The van der Waals surface area contributed by atoms with Gasteiger partial charge in [-0.15, -0.1) is 11.3 Å². The van der Waals surface area contributed by atoms with E-state index in [0.29, 0.717) is 0 Å². The topological polar surface area (TPSA) is 46.3 Å². The van der Waals surface area contributed by atoms with Crippen molar-refractivity contribution in [1.82, 2.24) is 0 Å². The lowest BCUT2D eigenvalue weighted by Gasteiger charge is -2.25. The molecule has 0 aliphatic heterocycles. The Morgan fingerprint density at radius 3 is 2.65 bits per heavy atom. The van der Waals surface area contributed by atoms with Crippen LogP contribution in [0.5, 0.6) is 0 Å². The largest absolute Gasteiger partial charge is 0.318 e. The fourth-order valence-corrected chi connectivity index (χ4v) is 2.75. The highest BCUT2D eigenvalue weighted by atomic mass is 32.1. The predicted molar refractivity (Wildman–Crippen MR) is 73.5 cm³/mol. The Labute approximate surface area is 105 Å². The van der Waals surface area contributed by atoms with Gasteiger partial charge < -0.3 is 10.6 Å². The summed E-state index contributed by atoms with van der Waals surface area (Å²) in [5, 5.41) is 3.09. The number of hydrogen-bond acceptors (Lipinski definition) is 3. The zero-order valence-electron chi connectivity index (χ0n) is 10.2. The zero-order chi connectivity index (χ0) is 12.6. The van der Waals surface area contributed by atoms with E-state index in [0.717, 1.165) is 11.1 Å². The zero-order valence-corrected chi connectivity index (χ0v) is 11.0. The third-order valence-corrected chi connectivity index (χ3v) is 3.63. The number of carbonyl (C=O) groups is 1. The van der Waals surface area contributed by atoms with Crippen LogP contribution in [-0.2, 0) is 4.79 Å². The maximum atomic E-state index is 12.1. The van der Waals surface area contributed by atoms with Crippen molar-refractivity contribution in [3.8, 4) is 0 Å². The Bertz CT molecular complexity index is 554. The van der Waals surface area contributed by atoms with Crippen molar-refractivity contribution >= 4 is 33.0 Å². The smallest absolute Gasteiger partial charge is 0.246 e. The second kappa shape index (κ2) is 4.13. The van der Waals surface area contributed by atoms with E-state index in [4.69, 9.17) is 5.73 Å². The minimum atomic E-state index is -0.849. The van der Waals surface area contributed by atoms with Crippen LogP contribution in [0.2, 0.25) is 0 Å². The fourth-order valence-electron chi connectivity index (χ4n) is 1.77. The van der Waals surface area contributed by atoms with Gasteiger partial charge in [-0.05, 0) is 19.9 Å². The van der Waals surface area contributed by atoms with Crippen molar-refractivity contribution in [3.63, 3.8) is 0 Å². The maximum absolute atomic E-state index is 12.1. The first-order chi connectivity index (χ1) is 7.91. The molecule has 2 aromatic rings. The number of amides is 1. The third-order valence-electron chi connectivity index (χ3n) is 2.68. The molecule has 1 aromatic carbocycles. The number of rotatable bonds is 2. The Morgan fingerprint density at radius 1 is 1.35 bits per heavy atom. The van der Waals surface area contributed by atoms with Gasteiger partial charge in [0.1, 0.15) is 0 Å². The number of anilines is 1. The lowest BCUT2D eigenvalue weighted by molar-refractivity contribution is -0.122. The highest BCUT2D eigenvalue weighted by Crippen LogP contribution is 2.32. The fraction of sp³-hybridized carbons (Fsp3) is 0.308. The van der Waals surface area contributed by atoms with Crippen molar-refractivity contribution in [3.05, 3.63) is 29.6 Å². The van der Waals surface area contributed by atoms with Crippen molar-refractivity contribution in [1.29, 1.82) is 0 Å². The van der Waals surface area contributed by atoms with Crippen LogP contribution in [0.3, 0.4) is 0 Å². The average Bonchev–Trinajstić information content (AvgIpc) is 2.69. The van der Waals surface area contributed by atoms with Crippen LogP contribution in [0.1, 0.15) is 13.8 Å². The molecule has 0 bridgehead atoms. The molecule has 1 heterocycles. The van der Waals surface area contributed by atoms with Crippen LogP contribution < -0.4 is 10.6 Å². The van der Waals surface area contributed by atoms with Crippen molar-refractivity contribution in [2.24, 2.45) is 5.73 Å². The number of likely N-dealkylation sites (N-methyl/N-ethyl adjacent to an activating group) is 1. The summed E-state index contributed by atoms with van der Waals surface area (Å²) >= 11 is 1.64. The Kier molecular flexibility index (Phi) is 2.93. The van der Waals surface area contributed by atoms with Gasteiger partial charge in [0.15, 0.2) is 0 Å². The minimum Gasteiger partial charge on any atom is -0.318 e. The van der Waals surface area contributed by atoms with E-state index in [1.54, 1.807) is 37.1 Å². The second-order valence-electron chi connectivity index (χ2n) is 4.70. The average molecular weight is 248 g/mol. The summed E-state index contributed by atoms with van der Waals surface area (Å²) in [5.74, 6) is -0.0824. The van der Waals surface area contributed by atoms with Crippen LogP contribution in [0.25, 0.3) is 10.1 Å². The first-order valence-corrected chi connectivity index (χ1v) is 6.32. The lowest BCUT2D eigenvalue weighted by atomic mass is 10.1. The van der Waals surface area contributed by atoms with Gasteiger partial charge in [0, 0.05) is 22.5 Å². The molecule has 0 saturated heterocycles. The van der Waals surface area contributed by atoms with E-state index in [2.05, 4.69) is 6.07 Å². The van der Waals surface area contributed by atoms with E-state index >= 15 is 0 Å². The number of nitrogens with two attached hydrogens (primary N) is 1. The maximum Gasteiger partial charge on any atom is 0.246 e. The number of nitrogens with zero attached hydrogens (tertiary/aromatic N) is 1. The Hall–Kier alpha value is -1.39. The van der Waals surface area contributed by atoms with Crippen LogP contribution in [0.4, 0.5) is 5.69 Å². The molecule has 3 nitrogen and oxygen atoms in total. The van der Waals surface area contributed by atoms with E-state index < -0.39 is 5.54 Å². The number of benzene rings is 1. The van der Waals surface area contributed by atoms with Crippen LogP contribution in [-0.4, -0.2) is 18.5 Å². The molecule has 0 fully saturated rings. The van der Waals surface area contributed by atoms with Gasteiger partial charge in [-0.25, -0.2) is 0 Å². The van der Waals surface area contributed by atoms with Crippen LogP contribution >= 0.6 is 11.3 Å². The van der Waals surface area contributed by atoms with Gasteiger partial charge >= 0.3 is 0 Å². The normalized spacial score (nSPS) is 11.8. The predicted octanol–water partition coefficient (Wildman–Crippen LogP) is 2.60. The first kappa shape index (κ1) is 12.1. The first-order valence-electron chi connectivity index (χ1n) is 5.44. The van der Waals surface area contributed by atoms with Crippen LogP contribution in [0, 0.1) is 0 Å². The summed E-state index contributed by atoms with van der Waals surface area (Å²) in [7, 11) is 1.77.